The average molecular weight is 508 g/mol. The Morgan fingerprint density at radius 2 is 1.79 bits per heavy atom. The normalized spacial score (nSPS) is 11.5. The van der Waals surface area contributed by atoms with E-state index in [-0.39, 0.29) is 5.92 Å². The molecule has 2 heterocycles. The summed E-state index contributed by atoms with van der Waals surface area (Å²) < 4.78 is 13.2. The zero-order chi connectivity index (χ0) is 23.8. The summed E-state index contributed by atoms with van der Waals surface area (Å²) in [6.45, 7) is 6.53. The van der Waals surface area contributed by atoms with E-state index < -0.39 is 0 Å². The van der Waals surface area contributed by atoms with Crippen LogP contribution in [0.15, 0.2) is 70.6 Å². The molecule has 0 bridgehead atoms. The summed E-state index contributed by atoms with van der Waals surface area (Å²) in [5.41, 5.74) is 5.69. The molecule has 0 aliphatic heterocycles. The third kappa shape index (κ3) is 4.34. The molecule has 0 unspecified atom stereocenters. The fraction of sp³-hybridized carbons (Fsp3) is 0.179. The number of halogens is 2. The lowest BCUT2D eigenvalue weighted by molar-refractivity contribution is 0.298. The van der Waals surface area contributed by atoms with Crippen molar-refractivity contribution < 1.29 is 9.26 Å². The quantitative estimate of drug-likeness (QED) is 0.229. The molecule has 0 fully saturated rings. The SMILES string of the molecule is Cc1cc(OCc2c(-c3c(Cl)cccc3Cl)noc2C(C)C)ccc1-c1ccc2ccsc2c1. The van der Waals surface area contributed by atoms with Gasteiger partial charge in [0, 0.05) is 16.2 Å². The van der Waals surface area contributed by atoms with E-state index in [1.807, 2.05) is 12.1 Å². The van der Waals surface area contributed by atoms with Crippen LogP contribution in [0, 0.1) is 6.92 Å². The van der Waals surface area contributed by atoms with E-state index in [0.29, 0.717) is 27.9 Å². The van der Waals surface area contributed by atoms with Crippen LogP contribution in [0.1, 0.15) is 36.7 Å². The van der Waals surface area contributed by atoms with Crippen molar-refractivity contribution in [2.75, 3.05) is 0 Å². The number of ether oxygens (including phenoxy) is 1. The molecule has 0 aliphatic carbocycles. The predicted molar refractivity (Wildman–Crippen MR) is 142 cm³/mol. The number of hydrogen-bond acceptors (Lipinski definition) is 4. The summed E-state index contributed by atoms with van der Waals surface area (Å²) >= 11 is 14.7. The molecule has 0 saturated heterocycles. The van der Waals surface area contributed by atoms with Gasteiger partial charge in [-0.1, -0.05) is 66.5 Å². The molecule has 0 aliphatic rings. The second kappa shape index (κ2) is 9.46. The second-order valence-electron chi connectivity index (χ2n) is 8.56. The van der Waals surface area contributed by atoms with E-state index in [1.165, 1.54) is 21.2 Å². The highest BCUT2D eigenvalue weighted by Crippen LogP contribution is 2.39. The standard InChI is InChI=1S/C28H23Cl2NO2S/c1-16(2)28-22(27(31-33-28)26-23(29)5-4-6-24(26)30)15-32-20-9-10-21(17(3)13-20)19-8-7-18-11-12-34-25(18)14-19/h4-14,16H,15H2,1-3H3. The Kier molecular flexibility index (Phi) is 6.39. The summed E-state index contributed by atoms with van der Waals surface area (Å²) in [6, 6.07) is 20.3. The number of hydrogen-bond donors (Lipinski definition) is 0. The van der Waals surface area contributed by atoms with Gasteiger partial charge in [-0.15, -0.1) is 11.3 Å². The third-order valence-electron chi connectivity index (χ3n) is 5.89. The Morgan fingerprint density at radius 3 is 2.53 bits per heavy atom. The first-order valence-corrected chi connectivity index (χ1v) is 12.7. The van der Waals surface area contributed by atoms with Crippen LogP contribution in [0.5, 0.6) is 5.75 Å². The molecule has 0 amide bonds. The Morgan fingerprint density at radius 1 is 1.00 bits per heavy atom. The molecule has 0 atom stereocenters. The van der Waals surface area contributed by atoms with Crippen molar-refractivity contribution in [2.24, 2.45) is 0 Å². The smallest absolute Gasteiger partial charge is 0.146 e. The van der Waals surface area contributed by atoms with Gasteiger partial charge in [0.25, 0.3) is 0 Å². The van der Waals surface area contributed by atoms with Gasteiger partial charge in [-0.3, -0.25) is 0 Å². The number of aryl methyl sites for hydroxylation is 1. The molecule has 0 spiro atoms. The lowest BCUT2D eigenvalue weighted by atomic mass is 9.99. The molecule has 2 aromatic heterocycles. The lowest BCUT2D eigenvalue weighted by Crippen LogP contribution is -2.01. The molecule has 6 heteroatoms. The predicted octanol–water partition coefficient (Wildman–Crippen LogP) is 9.54. The molecule has 0 radical (unpaired) electrons. The second-order valence-corrected chi connectivity index (χ2v) is 10.3. The zero-order valence-electron chi connectivity index (χ0n) is 19.1. The number of aromatic nitrogens is 1. The van der Waals surface area contributed by atoms with Gasteiger partial charge in [-0.05, 0) is 70.8 Å². The van der Waals surface area contributed by atoms with Crippen molar-refractivity contribution in [2.45, 2.75) is 33.3 Å². The summed E-state index contributed by atoms with van der Waals surface area (Å²) in [6.07, 6.45) is 0. The molecule has 5 aromatic rings. The topological polar surface area (TPSA) is 35.3 Å². The highest BCUT2D eigenvalue weighted by molar-refractivity contribution is 7.17. The monoisotopic (exact) mass is 507 g/mol. The number of thiophene rings is 1. The van der Waals surface area contributed by atoms with Crippen molar-refractivity contribution in [1.82, 2.24) is 5.16 Å². The summed E-state index contributed by atoms with van der Waals surface area (Å²) in [7, 11) is 0. The maximum Gasteiger partial charge on any atom is 0.146 e. The van der Waals surface area contributed by atoms with Gasteiger partial charge in [0.05, 0.1) is 15.6 Å². The van der Waals surface area contributed by atoms with Crippen molar-refractivity contribution in [1.29, 1.82) is 0 Å². The molecule has 3 nitrogen and oxygen atoms in total. The van der Waals surface area contributed by atoms with Crippen LogP contribution >= 0.6 is 34.5 Å². The molecule has 0 N–H and O–H groups in total. The van der Waals surface area contributed by atoms with Crippen LogP contribution in [0.25, 0.3) is 32.5 Å². The molecule has 34 heavy (non-hydrogen) atoms. The largest absolute Gasteiger partial charge is 0.489 e. The minimum absolute atomic E-state index is 0.136. The van der Waals surface area contributed by atoms with Crippen LogP contribution in [0.3, 0.4) is 0 Å². The maximum absolute atomic E-state index is 6.46. The van der Waals surface area contributed by atoms with E-state index in [4.69, 9.17) is 32.5 Å². The highest BCUT2D eigenvalue weighted by Gasteiger charge is 2.24. The van der Waals surface area contributed by atoms with Crippen LogP contribution in [-0.4, -0.2) is 5.16 Å². The summed E-state index contributed by atoms with van der Waals surface area (Å²) in [5.74, 6) is 1.69. The maximum atomic E-state index is 6.46. The Labute approximate surface area is 212 Å². The molecular weight excluding hydrogens is 485 g/mol. The van der Waals surface area contributed by atoms with E-state index in [9.17, 15) is 0 Å². The number of benzene rings is 3. The first-order chi connectivity index (χ1) is 16.4. The summed E-state index contributed by atoms with van der Waals surface area (Å²) in [4.78, 5) is 0. The fourth-order valence-electron chi connectivity index (χ4n) is 4.16. The van der Waals surface area contributed by atoms with E-state index >= 15 is 0 Å². The first-order valence-electron chi connectivity index (χ1n) is 11.1. The molecular formula is C28H23Cl2NO2S. The van der Waals surface area contributed by atoms with Gasteiger partial charge < -0.3 is 9.26 Å². The Balaban J connectivity index is 1.44. The highest BCUT2D eigenvalue weighted by atomic mass is 35.5. The minimum atomic E-state index is 0.136. The van der Waals surface area contributed by atoms with Gasteiger partial charge in [0.15, 0.2) is 0 Å². The van der Waals surface area contributed by atoms with E-state index in [1.54, 1.807) is 23.5 Å². The minimum Gasteiger partial charge on any atom is -0.489 e. The van der Waals surface area contributed by atoms with Crippen molar-refractivity contribution >= 4 is 44.6 Å². The van der Waals surface area contributed by atoms with Gasteiger partial charge in [-0.2, -0.15) is 0 Å². The van der Waals surface area contributed by atoms with Gasteiger partial charge in [0.2, 0.25) is 0 Å². The Bertz CT molecular complexity index is 1470. The zero-order valence-corrected chi connectivity index (χ0v) is 21.4. The third-order valence-corrected chi connectivity index (χ3v) is 7.40. The molecule has 0 saturated carbocycles. The number of rotatable bonds is 6. The Hall–Kier alpha value is -2.79. The summed E-state index contributed by atoms with van der Waals surface area (Å²) in [5, 5.41) is 8.76. The van der Waals surface area contributed by atoms with Gasteiger partial charge in [0.1, 0.15) is 23.8 Å². The van der Waals surface area contributed by atoms with Gasteiger partial charge in [-0.25, -0.2) is 0 Å². The van der Waals surface area contributed by atoms with Gasteiger partial charge >= 0.3 is 0 Å². The number of fused-ring (bicyclic) bond motifs is 1. The molecule has 172 valence electrons. The first kappa shape index (κ1) is 23.0. The van der Waals surface area contributed by atoms with Crippen LogP contribution in [-0.2, 0) is 6.61 Å². The average Bonchev–Trinajstić information content (AvgIpc) is 3.44. The van der Waals surface area contributed by atoms with Crippen molar-refractivity contribution in [3.63, 3.8) is 0 Å². The van der Waals surface area contributed by atoms with Crippen LogP contribution < -0.4 is 4.74 Å². The van der Waals surface area contributed by atoms with Crippen LogP contribution in [0.2, 0.25) is 10.0 Å². The molecule has 3 aromatic carbocycles. The van der Waals surface area contributed by atoms with Crippen molar-refractivity contribution in [3.05, 3.63) is 93.0 Å². The number of nitrogens with zero attached hydrogens (tertiary/aromatic N) is 1. The lowest BCUT2D eigenvalue weighted by Gasteiger charge is -2.13. The fourth-order valence-corrected chi connectivity index (χ4v) is 5.57. The van der Waals surface area contributed by atoms with Crippen molar-refractivity contribution in [3.8, 4) is 28.1 Å². The van der Waals surface area contributed by atoms with E-state index in [2.05, 4.69) is 67.7 Å². The molecule has 5 rings (SSSR count). The van der Waals surface area contributed by atoms with E-state index in [0.717, 1.165) is 22.6 Å². The van der Waals surface area contributed by atoms with Crippen LogP contribution in [0.4, 0.5) is 0 Å².